The van der Waals surface area contributed by atoms with Crippen LogP contribution in [0.5, 0.6) is 0 Å². The number of nitrogens with one attached hydrogen (secondary N) is 2. The molecule has 0 unspecified atom stereocenters. The van der Waals surface area contributed by atoms with E-state index in [1.54, 1.807) is 21.9 Å². The second-order valence-electron chi connectivity index (χ2n) is 12.7. The number of piperidine rings is 1. The predicted molar refractivity (Wildman–Crippen MR) is 164 cm³/mol. The summed E-state index contributed by atoms with van der Waals surface area (Å²) in [6.45, 7) is 3.39. The number of carbonyl (C=O) groups excluding carboxylic acids is 3. The zero-order valence-electron chi connectivity index (χ0n) is 24.9. The minimum atomic E-state index is -1.06. The second-order valence-corrected chi connectivity index (χ2v) is 12.7. The molecule has 4 aliphatic rings. The number of amides is 3. The Bertz CT molecular complexity index is 1490. The van der Waals surface area contributed by atoms with Gasteiger partial charge in [-0.15, -0.1) is 0 Å². The molecule has 1 aliphatic carbocycles. The average Bonchev–Trinajstić information content (AvgIpc) is 2.99. The maximum Gasteiger partial charge on any atom is 0.335 e. The standard InChI is InChI=1S/C32H39N7O5/c1-36-15-16-38(26(40)19-36)25-4-2-3-24-23(25)9-12-39(27(24)28(41)35-22-7-5-20(6-8-22)30(43)44)29(42)21-17-32(18-21)10-13-37(14-11-32)31(33)34/h2-8,21,27H,9-19H2,1H3,(H3,33,34)(H,35,41)(H,43,44)/t27-/m1/s1. The number of rotatable bonds is 5. The second kappa shape index (κ2) is 11.6. The minimum absolute atomic E-state index is 0.000708. The Morgan fingerprint density at radius 1 is 1.00 bits per heavy atom. The van der Waals surface area contributed by atoms with Crippen LogP contribution in [0.1, 0.15) is 53.2 Å². The van der Waals surface area contributed by atoms with Crippen molar-refractivity contribution in [1.29, 1.82) is 5.41 Å². The number of anilines is 2. The van der Waals surface area contributed by atoms with Gasteiger partial charge in [-0.3, -0.25) is 24.7 Å². The van der Waals surface area contributed by atoms with E-state index in [1.807, 2.05) is 35.0 Å². The first kappa shape index (κ1) is 29.6. The number of nitrogens with zero attached hydrogens (tertiary/aromatic N) is 4. The number of guanidine groups is 1. The number of likely N-dealkylation sites (tertiary alicyclic amines) is 1. The first-order valence-electron chi connectivity index (χ1n) is 15.2. The van der Waals surface area contributed by atoms with Gasteiger partial charge in [-0.1, -0.05) is 12.1 Å². The Labute approximate surface area is 256 Å². The molecule has 3 amide bonds. The number of benzene rings is 2. The van der Waals surface area contributed by atoms with E-state index >= 15 is 0 Å². The molecule has 5 N–H and O–H groups in total. The molecule has 2 saturated heterocycles. The number of hydrogen-bond acceptors (Lipinski definition) is 6. The molecule has 1 spiro atoms. The Kier molecular flexibility index (Phi) is 7.79. The number of fused-ring (bicyclic) bond motifs is 1. The third kappa shape index (κ3) is 5.49. The lowest BCUT2D eigenvalue weighted by atomic mass is 9.57. The monoisotopic (exact) mass is 601 g/mol. The van der Waals surface area contributed by atoms with Crippen molar-refractivity contribution in [1.82, 2.24) is 14.7 Å². The zero-order valence-corrected chi connectivity index (χ0v) is 24.9. The molecule has 2 aromatic rings. The molecule has 0 radical (unpaired) electrons. The topological polar surface area (TPSA) is 163 Å². The summed E-state index contributed by atoms with van der Waals surface area (Å²) in [6.07, 6.45) is 3.80. The number of aromatic carboxylic acids is 1. The molecule has 0 bridgehead atoms. The highest BCUT2D eigenvalue weighted by atomic mass is 16.4. The van der Waals surface area contributed by atoms with Gasteiger partial charge in [0.25, 0.3) is 5.91 Å². The largest absolute Gasteiger partial charge is 0.478 e. The fourth-order valence-electron chi connectivity index (χ4n) is 7.40. The number of carboxylic acids is 1. The van der Waals surface area contributed by atoms with Crippen LogP contribution in [0.4, 0.5) is 11.4 Å². The van der Waals surface area contributed by atoms with E-state index in [2.05, 4.69) is 5.32 Å². The Hall–Kier alpha value is -4.45. The van der Waals surface area contributed by atoms with Gasteiger partial charge in [-0.2, -0.15) is 0 Å². The van der Waals surface area contributed by atoms with Crippen molar-refractivity contribution >= 4 is 41.0 Å². The highest BCUT2D eigenvalue weighted by molar-refractivity contribution is 6.01. The molecule has 232 valence electrons. The summed E-state index contributed by atoms with van der Waals surface area (Å²) < 4.78 is 0. The number of likely N-dealkylation sites (N-methyl/N-ethyl adjacent to an activating group) is 1. The first-order chi connectivity index (χ1) is 21.0. The summed E-state index contributed by atoms with van der Waals surface area (Å²) in [5.41, 5.74) is 8.69. The lowest BCUT2D eigenvalue weighted by molar-refractivity contribution is -0.151. The van der Waals surface area contributed by atoms with Crippen molar-refractivity contribution in [2.75, 3.05) is 56.5 Å². The zero-order chi connectivity index (χ0) is 31.2. The van der Waals surface area contributed by atoms with Crippen LogP contribution in [0.15, 0.2) is 42.5 Å². The maximum atomic E-state index is 14.1. The first-order valence-corrected chi connectivity index (χ1v) is 15.2. The SMILES string of the molecule is CN1CCN(c2cccc3c2CCN(C(=O)C2CC4(CCN(C(=N)N)CC4)C2)[C@H]3C(=O)Nc2ccc(C(=O)O)cc2)C(=O)C1. The smallest absolute Gasteiger partial charge is 0.335 e. The van der Waals surface area contributed by atoms with Crippen molar-refractivity contribution in [2.24, 2.45) is 17.1 Å². The average molecular weight is 602 g/mol. The normalized spacial score (nSPS) is 21.9. The van der Waals surface area contributed by atoms with E-state index in [0.29, 0.717) is 50.4 Å². The molecule has 12 heteroatoms. The summed E-state index contributed by atoms with van der Waals surface area (Å²) in [5, 5.41) is 19.9. The van der Waals surface area contributed by atoms with Crippen LogP contribution in [0.25, 0.3) is 0 Å². The lowest BCUT2D eigenvalue weighted by Crippen LogP contribution is -2.55. The summed E-state index contributed by atoms with van der Waals surface area (Å²) >= 11 is 0. The van der Waals surface area contributed by atoms with Gasteiger partial charge in [0.15, 0.2) is 5.96 Å². The molecule has 3 heterocycles. The summed E-state index contributed by atoms with van der Waals surface area (Å²) in [7, 11) is 1.92. The van der Waals surface area contributed by atoms with Crippen LogP contribution in [0.2, 0.25) is 0 Å². The highest BCUT2D eigenvalue weighted by Gasteiger charge is 2.51. The Morgan fingerprint density at radius 3 is 2.34 bits per heavy atom. The van der Waals surface area contributed by atoms with Gasteiger partial charge in [0, 0.05) is 50.0 Å². The minimum Gasteiger partial charge on any atom is -0.478 e. The predicted octanol–water partition coefficient (Wildman–Crippen LogP) is 2.11. The van der Waals surface area contributed by atoms with E-state index in [-0.39, 0.29) is 40.6 Å². The van der Waals surface area contributed by atoms with E-state index < -0.39 is 12.0 Å². The van der Waals surface area contributed by atoms with Crippen molar-refractivity contribution in [3.8, 4) is 0 Å². The van der Waals surface area contributed by atoms with Crippen LogP contribution in [-0.2, 0) is 20.8 Å². The fourth-order valence-corrected chi connectivity index (χ4v) is 7.40. The molecule has 1 atom stereocenters. The van der Waals surface area contributed by atoms with Crippen molar-refractivity contribution in [2.45, 2.75) is 38.1 Å². The van der Waals surface area contributed by atoms with E-state index in [4.69, 9.17) is 11.1 Å². The molecule has 6 rings (SSSR count). The third-order valence-electron chi connectivity index (χ3n) is 9.90. The van der Waals surface area contributed by atoms with Gasteiger partial charge < -0.3 is 30.9 Å². The molecule has 12 nitrogen and oxygen atoms in total. The van der Waals surface area contributed by atoms with E-state index in [0.717, 1.165) is 43.5 Å². The molecular weight excluding hydrogens is 562 g/mol. The van der Waals surface area contributed by atoms with Gasteiger partial charge in [0.05, 0.1) is 12.1 Å². The van der Waals surface area contributed by atoms with E-state index in [9.17, 15) is 24.3 Å². The molecule has 44 heavy (non-hydrogen) atoms. The molecule has 3 aliphatic heterocycles. The van der Waals surface area contributed by atoms with Crippen molar-refractivity contribution < 1.29 is 24.3 Å². The molecule has 0 aromatic heterocycles. The Balaban J connectivity index is 1.27. The number of hydrogen-bond donors (Lipinski definition) is 4. The van der Waals surface area contributed by atoms with Crippen LogP contribution in [0, 0.1) is 16.7 Å². The molecular formula is C32H39N7O5. The lowest BCUT2D eigenvalue weighted by Gasteiger charge is -2.53. The van der Waals surface area contributed by atoms with Gasteiger partial charge in [0.1, 0.15) is 6.04 Å². The van der Waals surface area contributed by atoms with Crippen LogP contribution < -0.4 is 16.0 Å². The highest BCUT2D eigenvalue weighted by Crippen LogP contribution is 2.53. The quantitative estimate of drug-likeness (QED) is 0.299. The maximum absolute atomic E-state index is 14.1. The number of piperazine rings is 1. The number of carbonyl (C=O) groups is 4. The van der Waals surface area contributed by atoms with Gasteiger partial charge in [-0.05, 0) is 86.0 Å². The summed E-state index contributed by atoms with van der Waals surface area (Å²) in [6, 6.07) is 10.7. The summed E-state index contributed by atoms with van der Waals surface area (Å²) in [4.78, 5) is 59.8. The Morgan fingerprint density at radius 2 is 1.70 bits per heavy atom. The van der Waals surface area contributed by atoms with Crippen molar-refractivity contribution in [3.63, 3.8) is 0 Å². The van der Waals surface area contributed by atoms with Gasteiger partial charge >= 0.3 is 5.97 Å². The van der Waals surface area contributed by atoms with E-state index in [1.165, 1.54) is 12.1 Å². The van der Waals surface area contributed by atoms with Gasteiger partial charge in [-0.25, -0.2) is 4.79 Å². The van der Waals surface area contributed by atoms with Crippen molar-refractivity contribution in [3.05, 3.63) is 59.2 Å². The number of nitrogens with two attached hydrogens (primary N) is 1. The fraction of sp³-hybridized carbons (Fsp3) is 0.469. The molecule has 1 saturated carbocycles. The number of carboxylic acid groups (broad SMARTS) is 1. The van der Waals surface area contributed by atoms with Crippen LogP contribution in [-0.4, -0.2) is 95.8 Å². The molecule has 3 fully saturated rings. The molecule has 2 aromatic carbocycles. The summed E-state index contributed by atoms with van der Waals surface area (Å²) in [5.74, 6) is -1.58. The third-order valence-corrected chi connectivity index (χ3v) is 9.90. The van der Waals surface area contributed by atoms with Crippen LogP contribution >= 0.6 is 0 Å². The van der Waals surface area contributed by atoms with Gasteiger partial charge in [0.2, 0.25) is 11.8 Å². The van der Waals surface area contributed by atoms with Crippen LogP contribution in [0.3, 0.4) is 0 Å².